The number of nitrogens with zero attached hydrogens (tertiary/aromatic N) is 1. The SMILES string of the molecule is CN1CCc2c(OC3COC3)cccc21. The van der Waals surface area contributed by atoms with E-state index in [0.717, 1.165) is 31.9 Å². The van der Waals surface area contributed by atoms with Crippen LogP contribution in [-0.2, 0) is 11.2 Å². The maximum absolute atomic E-state index is 5.89. The molecule has 0 radical (unpaired) electrons. The van der Waals surface area contributed by atoms with Crippen molar-refractivity contribution in [1.29, 1.82) is 0 Å². The predicted octanol–water partition coefficient (Wildman–Crippen LogP) is 1.46. The van der Waals surface area contributed by atoms with Crippen LogP contribution >= 0.6 is 0 Å². The van der Waals surface area contributed by atoms with Crippen molar-refractivity contribution in [3.63, 3.8) is 0 Å². The first-order valence-electron chi connectivity index (χ1n) is 5.42. The van der Waals surface area contributed by atoms with Crippen LogP contribution in [0.15, 0.2) is 18.2 Å². The molecule has 1 saturated heterocycles. The van der Waals surface area contributed by atoms with Gasteiger partial charge in [0.25, 0.3) is 0 Å². The fraction of sp³-hybridized carbons (Fsp3) is 0.500. The molecule has 3 nitrogen and oxygen atoms in total. The quantitative estimate of drug-likeness (QED) is 0.729. The van der Waals surface area contributed by atoms with Crippen molar-refractivity contribution >= 4 is 5.69 Å². The number of ether oxygens (including phenoxy) is 2. The topological polar surface area (TPSA) is 21.7 Å². The van der Waals surface area contributed by atoms with Crippen LogP contribution < -0.4 is 9.64 Å². The Labute approximate surface area is 89.6 Å². The van der Waals surface area contributed by atoms with E-state index in [1.54, 1.807) is 0 Å². The fourth-order valence-corrected chi connectivity index (χ4v) is 2.14. The highest BCUT2D eigenvalue weighted by molar-refractivity contribution is 5.62. The van der Waals surface area contributed by atoms with Gasteiger partial charge in [-0.15, -0.1) is 0 Å². The normalized spacial score (nSPS) is 19.9. The first-order chi connectivity index (χ1) is 7.34. The Morgan fingerprint density at radius 2 is 2.27 bits per heavy atom. The summed E-state index contributed by atoms with van der Waals surface area (Å²) in [5, 5.41) is 0. The molecule has 0 aromatic heterocycles. The van der Waals surface area contributed by atoms with Crippen LogP contribution in [0.3, 0.4) is 0 Å². The summed E-state index contributed by atoms with van der Waals surface area (Å²) >= 11 is 0. The second-order valence-electron chi connectivity index (χ2n) is 4.20. The van der Waals surface area contributed by atoms with E-state index < -0.39 is 0 Å². The van der Waals surface area contributed by atoms with Crippen LogP contribution in [0.25, 0.3) is 0 Å². The van der Waals surface area contributed by atoms with Crippen molar-refractivity contribution in [1.82, 2.24) is 0 Å². The number of fused-ring (bicyclic) bond motifs is 1. The van der Waals surface area contributed by atoms with Gasteiger partial charge in [0.2, 0.25) is 0 Å². The molecule has 2 aliphatic heterocycles. The second kappa shape index (κ2) is 3.42. The van der Waals surface area contributed by atoms with E-state index in [0.29, 0.717) is 0 Å². The van der Waals surface area contributed by atoms with E-state index in [-0.39, 0.29) is 6.10 Å². The molecule has 1 fully saturated rings. The number of hydrogen-bond acceptors (Lipinski definition) is 3. The molecule has 0 spiro atoms. The van der Waals surface area contributed by atoms with Gasteiger partial charge in [-0.3, -0.25) is 0 Å². The van der Waals surface area contributed by atoms with Gasteiger partial charge < -0.3 is 14.4 Å². The van der Waals surface area contributed by atoms with E-state index in [4.69, 9.17) is 9.47 Å². The Balaban J connectivity index is 1.88. The van der Waals surface area contributed by atoms with Gasteiger partial charge in [-0.25, -0.2) is 0 Å². The molecule has 2 aliphatic rings. The van der Waals surface area contributed by atoms with Crippen LogP contribution in [0.4, 0.5) is 5.69 Å². The number of anilines is 1. The summed E-state index contributed by atoms with van der Waals surface area (Å²) in [6.07, 6.45) is 1.36. The first-order valence-corrected chi connectivity index (χ1v) is 5.42. The molecule has 0 unspecified atom stereocenters. The first kappa shape index (κ1) is 9.04. The molecule has 0 bridgehead atoms. The van der Waals surface area contributed by atoms with Gasteiger partial charge in [0.15, 0.2) is 0 Å². The molecule has 15 heavy (non-hydrogen) atoms. The molecule has 2 heterocycles. The van der Waals surface area contributed by atoms with Crippen molar-refractivity contribution in [2.24, 2.45) is 0 Å². The van der Waals surface area contributed by atoms with Crippen molar-refractivity contribution in [3.05, 3.63) is 23.8 Å². The summed E-state index contributed by atoms with van der Waals surface area (Å²) in [5.41, 5.74) is 2.67. The molecular formula is C12H15NO2. The van der Waals surface area contributed by atoms with Crippen LogP contribution in [0.2, 0.25) is 0 Å². The monoisotopic (exact) mass is 205 g/mol. The van der Waals surface area contributed by atoms with Crippen molar-refractivity contribution in [2.75, 3.05) is 31.7 Å². The van der Waals surface area contributed by atoms with Crippen LogP contribution in [0.5, 0.6) is 5.75 Å². The average Bonchev–Trinajstić information content (AvgIpc) is 2.55. The molecule has 1 aromatic carbocycles. The lowest BCUT2D eigenvalue weighted by Crippen LogP contribution is -2.38. The molecule has 0 aliphatic carbocycles. The minimum absolute atomic E-state index is 0.266. The van der Waals surface area contributed by atoms with Crippen LogP contribution in [-0.4, -0.2) is 32.9 Å². The minimum atomic E-state index is 0.266. The van der Waals surface area contributed by atoms with Gasteiger partial charge in [0.1, 0.15) is 11.9 Å². The van der Waals surface area contributed by atoms with E-state index in [1.165, 1.54) is 11.3 Å². The maximum atomic E-state index is 5.89. The smallest absolute Gasteiger partial charge is 0.145 e. The van der Waals surface area contributed by atoms with Crippen LogP contribution in [0, 0.1) is 0 Å². The summed E-state index contributed by atoms with van der Waals surface area (Å²) in [5.74, 6) is 1.05. The Bertz CT molecular complexity index is 374. The van der Waals surface area contributed by atoms with Crippen molar-refractivity contribution in [2.45, 2.75) is 12.5 Å². The Kier molecular flexibility index (Phi) is 2.06. The third kappa shape index (κ3) is 1.47. The van der Waals surface area contributed by atoms with Crippen molar-refractivity contribution in [3.8, 4) is 5.75 Å². The zero-order chi connectivity index (χ0) is 10.3. The highest BCUT2D eigenvalue weighted by Gasteiger charge is 2.24. The lowest BCUT2D eigenvalue weighted by atomic mass is 10.1. The molecule has 0 N–H and O–H groups in total. The lowest BCUT2D eigenvalue weighted by Gasteiger charge is -2.27. The third-order valence-corrected chi connectivity index (χ3v) is 3.12. The van der Waals surface area contributed by atoms with Gasteiger partial charge in [0, 0.05) is 24.8 Å². The average molecular weight is 205 g/mol. The molecule has 3 rings (SSSR count). The van der Waals surface area contributed by atoms with Crippen molar-refractivity contribution < 1.29 is 9.47 Å². The van der Waals surface area contributed by atoms with E-state index in [2.05, 4.69) is 30.1 Å². The standard InChI is InChI=1S/C12H15NO2/c1-13-6-5-10-11(13)3-2-4-12(10)15-9-7-14-8-9/h2-4,9H,5-8H2,1H3. The lowest BCUT2D eigenvalue weighted by molar-refractivity contribution is -0.0799. The zero-order valence-electron chi connectivity index (χ0n) is 8.90. The zero-order valence-corrected chi connectivity index (χ0v) is 8.90. The minimum Gasteiger partial charge on any atom is -0.485 e. The molecule has 0 atom stereocenters. The van der Waals surface area contributed by atoms with E-state index in [1.807, 2.05) is 0 Å². The number of hydrogen-bond donors (Lipinski definition) is 0. The number of likely N-dealkylation sites (N-methyl/N-ethyl adjacent to an activating group) is 1. The number of benzene rings is 1. The van der Waals surface area contributed by atoms with Gasteiger partial charge in [0.05, 0.1) is 13.2 Å². The summed E-state index contributed by atoms with van der Waals surface area (Å²) < 4.78 is 11.0. The van der Waals surface area contributed by atoms with Gasteiger partial charge in [-0.1, -0.05) is 6.07 Å². The second-order valence-corrected chi connectivity index (χ2v) is 4.20. The Morgan fingerprint density at radius 1 is 1.40 bits per heavy atom. The summed E-state index contributed by atoms with van der Waals surface area (Å²) in [4.78, 5) is 2.28. The fourth-order valence-electron chi connectivity index (χ4n) is 2.14. The molecule has 80 valence electrons. The largest absolute Gasteiger partial charge is 0.485 e. The summed E-state index contributed by atoms with van der Waals surface area (Å²) in [6.45, 7) is 2.57. The molecule has 3 heteroatoms. The van der Waals surface area contributed by atoms with Crippen LogP contribution in [0.1, 0.15) is 5.56 Å². The summed E-state index contributed by atoms with van der Waals surface area (Å²) in [7, 11) is 2.13. The van der Waals surface area contributed by atoms with E-state index in [9.17, 15) is 0 Å². The van der Waals surface area contributed by atoms with Gasteiger partial charge in [-0.05, 0) is 18.6 Å². The highest BCUT2D eigenvalue weighted by atomic mass is 16.6. The highest BCUT2D eigenvalue weighted by Crippen LogP contribution is 2.34. The molecular weight excluding hydrogens is 190 g/mol. The summed E-state index contributed by atoms with van der Waals surface area (Å²) in [6, 6.07) is 6.29. The Morgan fingerprint density at radius 3 is 3.00 bits per heavy atom. The maximum Gasteiger partial charge on any atom is 0.145 e. The predicted molar refractivity (Wildman–Crippen MR) is 58.7 cm³/mol. The van der Waals surface area contributed by atoms with Gasteiger partial charge in [-0.2, -0.15) is 0 Å². The third-order valence-electron chi connectivity index (χ3n) is 3.12. The Hall–Kier alpha value is -1.22. The molecule has 0 saturated carbocycles. The molecule has 1 aromatic rings. The van der Waals surface area contributed by atoms with E-state index >= 15 is 0 Å². The van der Waals surface area contributed by atoms with Gasteiger partial charge >= 0.3 is 0 Å². The number of rotatable bonds is 2. The molecule has 0 amide bonds.